The second-order valence-electron chi connectivity index (χ2n) is 5.26. The van der Waals surface area contributed by atoms with Gasteiger partial charge in [-0.15, -0.1) is 0 Å². The summed E-state index contributed by atoms with van der Waals surface area (Å²) in [4.78, 5) is 16.6. The summed E-state index contributed by atoms with van der Waals surface area (Å²) in [7, 11) is 0. The Kier molecular flexibility index (Phi) is 3.71. The van der Waals surface area contributed by atoms with Gasteiger partial charge in [0.15, 0.2) is 5.89 Å². The molecule has 0 saturated carbocycles. The average Bonchev–Trinajstić information content (AvgIpc) is 3.07. The molecule has 1 aromatic carbocycles. The molecule has 0 saturated heterocycles. The molecule has 3 rings (SSSR count). The van der Waals surface area contributed by atoms with Crippen molar-refractivity contribution in [1.29, 1.82) is 0 Å². The summed E-state index contributed by atoms with van der Waals surface area (Å²) in [6, 6.07) is 5.90. The number of oxazole rings is 1. The van der Waals surface area contributed by atoms with Crippen LogP contribution < -0.4 is 5.32 Å². The highest BCUT2D eigenvalue weighted by molar-refractivity contribution is 6.06. The van der Waals surface area contributed by atoms with Gasteiger partial charge in [0, 0.05) is 12.3 Å². The molecule has 5 nitrogen and oxygen atoms in total. The summed E-state index contributed by atoms with van der Waals surface area (Å²) in [5, 5.41) is 3.69. The normalized spacial score (nSPS) is 11.0. The van der Waals surface area contributed by atoms with E-state index in [4.69, 9.17) is 8.83 Å². The minimum Gasteiger partial charge on any atom is -0.463 e. The van der Waals surface area contributed by atoms with E-state index in [1.807, 2.05) is 25.1 Å². The van der Waals surface area contributed by atoms with Crippen molar-refractivity contribution in [3.05, 3.63) is 52.9 Å². The van der Waals surface area contributed by atoms with E-state index in [9.17, 15) is 4.79 Å². The van der Waals surface area contributed by atoms with Gasteiger partial charge in [0.2, 0.25) is 0 Å². The van der Waals surface area contributed by atoms with Crippen molar-refractivity contribution in [2.75, 3.05) is 0 Å². The molecule has 0 bridgehead atoms. The Hall–Kier alpha value is -2.56. The van der Waals surface area contributed by atoms with Gasteiger partial charge < -0.3 is 14.2 Å². The van der Waals surface area contributed by atoms with Gasteiger partial charge in [-0.25, -0.2) is 4.98 Å². The number of carbonyl (C=O) groups is 1. The molecule has 114 valence electrons. The quantitative estimate of drug-likeness (QED) is 0.800. The predicted molar refractivity (Wildman–Crippen MR) is 82.7 cm³/mol. The maximum atomic E-state index is 12.4. The SMILES string of the molecule is CCc1ccc2occ(C(=O)NCc3oc(C)nc3C)c2c1. The van der Waals surface area contributed by atoms with Crippen LogP contribution in [0.15, 0.2) is 33.3 Å². The van der Waals surface area contributed by atoms with E-state index >= 15 is 0 Å². The van der Waals surface area contributed by atoms with Gasteiger partial charge in [0.05, 0.1) is 17.8 Å². The van der Waals surface area contributed by atoms with Gasteiger partial charge in [0.25, 0.3) is 5.91 Å². The molecule has 3 aromatic rings. The fourth-order valence-electron chi connectivity index (χ4n) is 2.47. The number of carbonyl (C=O) groups excluding carboxylic acids is 1. The minimum atomic E-state index is -0.180. The number of benzene rings is 1. The zero-order valence-electron chi connectivity index (χ0n) is 12.9. The third kappa shape index (κ3) is 2.62. The lowest BCUT2D eigenvalue weighted by Gasteiger charge is -2.03. The lowest BCUT2D eigenvalue weighted by atomic mass is 10.1. The predicted octanol–water partition coefficient (Wildman–Crippen LogP) is 3.53. The maximum Gasteiger partial charge on any atom is 0.255 e. The van der Waals surface area contributed by atoms with E-state index in [1.165, 1.54) is 11.8 Å². The Labute approximate surface area is 128 Å². The van der Waals surface area contributed by atoms with Crippen molar-refractivity contribution in [2.45, 2.75) is 33.7 Å². The number of amides is 1. The number of hydrogen-bond acceptors (Lipinski definition) is 4. The first-order valence-electron chi connectivity index (χ1n) is 7.29. The van der Waals surface area contributed by atoms with Gasteiger partial charge >= 0.3 is 0 Å². The summed E-state index contributed by atoms with van der Waals surface area (Å²) in [5.41, 5.74) is 3.22. The van der Waals surface area contributed by atoms with E-state index in [2.05, 4.69) is 17.2 Å². The summed E-state index contributed by atoms with van der Waals surface area (Å²) in [5.74, 6) is 1.09. The Morgan fingerprint density at radius 1 is 1.32 bits per heavy atom. The molecule has 2 heterocycles. The van der Waals surface area contributed by atoms with Crippen molar-refractivity contribution < 1.29 is 13.6 Å². The van der Waals surface area contributed by atoms with Crippen molar-refractivity contribution in [1.82, 2.24) is 10.3 Å². The number of nitrogens with one attached hydrogen (secondary N) is 1. The Balaban J connectivity index is 1.81. The third-order valence-electron chi connectivity index (χ3n) is 3.70. The molecule has 0 aliphatic heterocycles. The zero-order valence-corrected chi connectivity index (χ0v) is 12.9. The van der Waals surface area contributed by atoms with Gasteiger partial charge in [-0.2, -0.15) is 0 Å². The van der Waals surface area contributed by atoms with Gasteiger partial charge in [-0.05, 0) is 31.0 Å². The van der Waals surface area contributed by atoms with Crippen molar-refractivity contribution in [3.8, 4) is 0 Å². The molecular formula is C17H18N2O3. The number of aryl methyl sites for hydroxylation is 3. The molecule has 0 aliphatic rings. The highest BCUT2D eigenvalue weighted by Gasteiger charge is 2.15. The maximum absolute atomic E-state index is 12.4. The van der Waals surface area contributed by atoms with Crippen LogP contribution in [0, 0.1) is 13.8 Å². The Morgan fingerprint density at radius 2 is 2.14 bits per heavy atom. The third-order valence-corrected chi connectivity index (χ3v) is 3.70. The standard InChI is InChI=1S/C17H18N2O3/c1-4-12-5-6-15-13(7-12)14(9-21-15)17(20)18-8-16-10(2)19-11(3)22-16/h5-7,9H,4,8H2,1-3H3,(H,18,20). The topological polar surface area (TPSA) is 68.3 Å². The first-order valence-corrected chi connectivity index (χ1v) is 7.29. The van der Waals surface area contributed by atoms with E-state index in [0.29, 0.717) is 29.3 Å². The van der Waals surface area contributed by atoms with E-state index in [1.54, 1.807) is 6.92 Å². The largest absolute Gasteiger partial charge is 0.463 e. The Bertz CT molecular complexity index is 830. The van der Waals surface area contributed by atoms with Crippen molar-refractivity contribution >= 4 is 16.9 Å². The second kappa shape index (κ2) is 5.67. The number of fused-ring (bicyclic) bond motifs is 1. The van der Waals surface area contributed by atoms with Crippen LogP contribution >= 0.6 is 0 Å². The number of hydrogen-bond donors (Lipinski definition) is 1. The zero-order chi connectivity index (χ0) is 15.7. The van der Waals surface area contributed by atoms with Crippen LogP contribution in [0.4, 0.5) is 0 Å². The van der Waals surface area contributed by atoms with Gasteiger partial charge in [0.1, 0.15) is 17.6 Å². The first-order chi connectivity index (χ1) is 10.6. The van der Waals surface area contributed by atoms with Crippen LogP contribution in [0.3, 0.4) is 0 Å². The summed E-state index contributed by atoms with van der Waals surface area (Å²) in [6.45, 7) is 6.04. The lowest BCUT2D eigenvalue weighted by Crippen LogP contribution is -2.22. The molecule has 0 atom stereocenters. The highest BCUT2D eigenvalue weighted by Crippen LogP contribution is 2.23. The van der Waals surface area contributed by atoms with Crippen LogP contribution in [0.5, 0.6) is 0 Å². The minimum absolute atomic E-state index is 0.180. The summed E-state index contributed by atoms with van der Waals surface area (Å²) < 4.78 is 10.9. The van der Waals surface area contributed by atoms with Gasteiger partial charge in [-0.3, -0.25) is 4.79 Å². The molecule has 1 N–H and O–H groups in total. The summed E-state index contributed by atoms with van der Waals surface area (Å²) in [6.07, 6.45) is 2.41. The van der Waals surface area contributed by atoms with Crippen molar-refractivity contribution in [2.24, 2.45) is 0 Å². The number of rotatable bonds is 4. The molecular weight excluding hydrogens is 280 g/mol. The number of furan rings is 1. The molecule has 0 unspecified atom stereocenters. The van der Waals surface area contributed by atoms with E-state index in [-0.39, 0.29) is 5.91 Å². The molecule has 0 fully saturated rings. The van der Waals surface area contributed by atoms with Crippen LogP contribution in [0.1, 0.15) is 40.2 Å². The van der Waals surface area contributed by atoms with Crippen LogP contribution in [0.25, 0.3) is 11.0 Å². The fourth-order valence-corrected chi connectivity index (χ4v) is 2.47. The van der Waals surface area contributed by atoms with Crippen LogP contribution in [-0.2, 0) is 13.0 Å². The molecule has 1 amide bonds. The molecule has 5 heteroatoms. The van der Waals surface area contributed by atoms with Gasteiger partial charge in [-0.1, -0.05) is 13.0 Å². The molecule has 0 aliphatic carbocycles. The molecule has 22 heavy (non-hydrogen) atoms. The van der Waals surface area contributed by atoms with E-state index in [0.717, 1.165) is 17.5 Å². The molecule has 0 radical (unpaired) electrons. The van der Waals surface area contributed by atoms with Crippen LogP contribution in [-0.4, -0.2) is 10.9 Å². The highest BCUT2D eigenvalue weighted by atomic mass is 16.4. The first kappa shape index (κ1) is 14.4. The fraction of sp³-hybridized carbons (Fsp3) is 0.294. The van der Waals surface area contributed by atoms with Crippen molar-refractivity contribution in [3.63, 3.8) is 0 Å². The number of nitrogens with zero attached hydrogens (tertiary/aromatic N) is 1. The van der Waals surface area contributed by atoms with Crippen LogP contribution in [0.2, 0.25) is 0 Å². The van der Waals surface area contributed by atoms with E-state index < -0.39 is 0 Å². The monoisotopic (exact) mass is 298 g/mol. The molecule has 0 spiro atoms. The molecule has 2 aromatic heterocycles. The second-order valence-corrected chi connectivity index (χ2v) is 5.26. The smallest absolute Gasteiger partial charge is 0.255 e. The summed E-state index contributed by atoms with van der Waals surface area (Å²) >= 11 is 0. The average molecular weight is 298 g/mol. The lowest BCUT2D eigenvalue weighted by molar-refractivity contribution is 0.0948. The Morgan fingerprint density at radius 3 is 2.82 bits per heavy atom. The number of aromatic nitrogens is 1.